The van der Waals surface area contributed by atoms with Gasteiger partial charge < -0.3 is 5.32 Å². The molecule has 2 rings (SSSR count). The van der Waals surface area contributed by atoms with Gasteiger partial charge in [0.15, 0.2) is 0 Å². The highest BCUT2D eigenvalue weighted by Gasteiger charge is 2.17. The molecule has 68 valence electrons. The maximum Gasteiger partial charge on any atom is 0.234 e. The molecule has 0 bridgehead atoms. The van der Waals surface area contributed by atoms with Crippen molar-refractivity contribution in [2.24, 2.45) is 0 Å². The number of carbonyl (C=O) groups is 1. The lowest BCUT2D eigenvalue weighted by Gasteiger charge is -2.16. The Hall–Kier alpha value is -0.550. The molecule has 0 atom stereocenters. The van der Waals surface area contributed by atoms with Crippen LogP contribution in [0.15, 0.2) is 21.5 Å². The second-order valence-electron chi connectivity index (χ2n) is 2.60. The van der Waals surface area contributed by atoms with Crippen LogP contribution in [0, 0.1) is 5.82 Å². The first-order chi connectivity index (χ1) is 6.16. The molecule has 0 spiro atoms. The Bertz CT molecular complexity index is 383. The summed E-state index contributed by atoms with van der Waals surface area (Å²) in [6, 6.07) is 3.00. The normalized spacial score (nSPS) is 15.1. The van der Waals surface area contributed by atoms with E-state index in [1.54, 1.807) is 6.07 Å². The van der Waals surface area contributed by atoms with Crippen LogP contribution in [0.3, 0.4) is 0 Å². The number of anilines is 1. The van der Waals surface area contributed by atoms with E-state index in [1.807, 2.05) is 0 Å². The van der Waals surface area contributed by atoms with Crippen molar-refractivity contribution in [3.8, 4) is 0 Å². The topological polar surface area (TPSA) is 29.1 Å². The molecule has 5 heteroatoms. The van der Waals surface area contributed by atoms with Crippen molar-refractivity contribution in [3.05, 3.63) is 22.4 Å². The van der Waals surface area contributed by atoms with E-state index in [-0.39, 0.29) is 11.7 Å². The first-order valence-electron chi connectivity index (χ1n) is 3.58. The smallest absolute Gasteiger partial charge is 0.234 e. The van der Waals surface area contributed by atoms with Gasteiger partial charge in [-0.3, -0.25) is 4.79 Å². The van der Waals surface area contributed by atoms with Gasteiger partial charge in [-0.25, -0.2) is 4.39 Å². The first kappa shape index (κ1) is 9.02. The lowest BCUT2D eigenvalue weighted by molar-refractivity contribution is -0.113. The molecule has 13 heavy (non-hydrogen) atoms. The van der Waals surface area contributed by atoms with E-state index in [4.69, 9.17) is 0 Å². The predicted molar refractivity (Wildman–Crippen MR) is 53.5 cm³/mol. The SMILES string of the molecule is O=C1CSc2cc(Br)c(F)cc2N1. The van der Waals surface area contributed by atoms with E-state index < -0.39 is 0 Å². The summed E-state index contributed by atoms with van der Waals surface area (Å²) in [6.07, 6.45) is 0. The van der Waals surface area contributed by atoms with E-state index in [0.717, 1.165) is 4.90 Å². The molecule has 0 unspecified atom stereocenters. The van der Waals surface area contributed by atoms with Crippen LogP contribution in [0.2, 0.25) is 0 Å². The Kier molecular flexibility index (Phi) is 2.29. The van der Waals surface area contributed by atoms with Crippen LogP contribution in [0.25, 0.3) is 0 Å². The second-order valence-corrected chi connectivity index (χ2v) is 4.47. The zero-order valence-corrected chi connectivity index (χ0v) is 8.84. The van der Waals surface area contributed by atoms with E-state index in [0.29, 0.717) is 15.9 Å². The number of amides is 1. The Morgan fingerprint density at radius 3 is 3.08 bits per heavy atom. The Morgan fingerprint density at radius 2 is 2.31 bits per heavy atom. The Morgan fingerprint density at radius 1 is 1.54 bits per heavy atom. The van der Waals surface area contributed by atoms with Gasteiger partial charge in [0.25, 0.3) is 0 Å². The molecule has 0 radical (unpaired) electrons. The molecule has 1 aliphatic heterocycles. The van der Waals surface area contributed by atoms with Crippen molar-refractivity contribution in [3.63, 3.8) is 0 Å². The first-order valence-corrected chi connectivity index (χ1v) is 5.36. The lowest BCUT2D eigenvalue weighted by Crippen LogP contribution is -2.18. The van der Waals surface area contributed by atoms with Crippen LogP contribution in [0.4, 0.5) is 10.1 Å². The molecule has 1 aromatic carbocycles. The van der Waals surface area contributed by atoms with Crippen LogP contribution in [0.5, 0.6) is 0 Å². The van der Waals surface area contributed by atoms with Crippen LogP contribution in [0.1, 0.15) is 0 Å². The monoisotopic (exact) mass is 261 g/mol. The zero-order chi connectivity index (χ0) is 9.42. The minimum atomic E-state index is -0.360. The molecule has 2 nitrogen and oxygen atoms in total. The molecule has 0 saturated carbocycles. The maximum absolute atomic E-state index is 13.0. The molecular weight excluding hydrogens is 257 g/mol. The van der Waals surface area contributed by atoms with E-state index in [1.165, 1.54) is 17.8 Å². The minimum absolute atomic E-state index is 0.0841. The third-order valence-electron chi connectivity index (χ3n) is 1.66. The van der Waals surface area contributed by atoms with Crippen LogP contribution in [-0.4, -0.2) is 11.7 Å². The summed E-state index contributed by atoms with van der Waals surface area (Å²) < 4.78 is 13.5. The number of nitrogens with one attached hydrogen (secondary N) is 1. The highest BCUT2D eigenvalue weighted by atomic mass is 79.9. The van der Waals surface area contributed by atoms with Crippen LogP contribution in [-0.2, 0) is 4.79 Å². The third-order valence-corrected chi connectivity index (χ3v) is 3.32. The molecule has 1 amide bonds. The number of hydrogen-bond donors (Lipinski definition) is 1. The number of benzene rings is 1. The predicted octanol–water partition coefficient (Wildman–Crippen LogP) is 2.63. The van der Waals surface area contributed by atoms with Gasteiger partial charge in [-0.1, -0.05) is 0 Å². The van der Waals surface area contributed by atoms with E-state index in [2.05, 4.69) is 21.2 Å². The summed E-state index contributed by atoms with van der Waals surface area (Å²) in [5, 5.41) is 2.61. The molecule has 1 aromatic rings. The summed E-state index contributed by atoms with van der Waals surface area (Å²) in [6.45, 7) is 0. The summed E-state index contributed by atoms with van der Waals surface area (Å²) >= 11 is 4.50. The molecule has 1 heterocycles. The molecular formula is C8H5BrFNOS. The van der Waals surface area contributed by atoms with Gasteiger partial charge in [0.2, 0.25) is 5.91 Å². The number of halogens is 2. The molecule has 1 N–H and O–H groups in total. The molecule has 0 aliphatic carbocycles. The van der Waals surface area contributed by atoms with Crippen molar-refractivity contribution in [1.82, 2.24) is 0 Å². The number of hydrogen-bond acceptors (Lipinski definition) is 2. The molecule has 0 aromatic heterocycles. The van der Waals surface area contributed by atoms with Gasteiger partial charge in [-0.05, 0) is 28.1 Å². The van der Waals surface area contributed by atoms with Crippen molar-refractivity contribution in [2.45, 2.75) is 4.90 Å². The van der Waals surface area contributed by atoms with Gasteiger partial charge in [-0.2, -0.15) is 0 Å². The minimum Gasteiger partial charge on any atom is -0.324 e. The van der Waals surface area contributed by atoms with Crippen molar-refractivity contribution < 1.29 is 9.18 Å². The highest BCUT2D eigenvalue weighted by Crippen LogP contribution is 2.34. The van der Waals surface area contributed by atoms with Gasteiger partial charge in [-0.15, -0.1) is 11.8 Å². The number of fused-ring (bicyclic) bond motifs is 1. The largest absolute Gasteiger partial charge is 0.324 e. The van der Waals surface area contributed by atoms with Gasteiger partial charge in [0.1, 0.15) is 5.82 Å². The Labute approximate surface area is 87.0 Å². The number of carbonyl (C=O) groups excluding carboxylic acids is 1. The summed E-state index contributed by atoms with van der Waals surface area (Å²) in [5.74, 6) is -0.0498. The van der Waals surface area contributed by atoms with Gasteiger partial charge >= 0.3 is 0 Å². The summed E-state index contributed by atoms with van der Waals surface area (Å²) in [4.78, 5) is 11.9. The molecule has 0 fully saturated rings. The zero-order valence-electron chi connectivity index (χ0n) is 6.43. The molecule has 0 saturated heterocycles. The van der Waals surface area contributed by atoms with Gasteiger partial charge in [0, 0.05) is 4.90 Å². The van der Waals surface area contributed by atoms with Crippen molar-refractivity contribution >= 4 is 39.3 Å². The highest BCUT2D eigenvalue weighted by molar-refractivity contribution is 9.10. The van der Waals surface area contributed by atoms with Crippen LogP contribution >= 0.6 is 27.7 Å². The fourth-order valence-electron chi connectivity index (χ4n) is 1.08. The average molecular weight is 262 g/mol. The number of rotatable bonds is 0. The van der Waals surface area contributed by atoms with Crippen molar-refractivity contribution in [2.75, 3.05) is 11.1 Å². The van der Waals surface area contributed by atoms with E-state index in [9.17, 15) is 9.18 Å². The van der Waals surface area contributed by atoms with Crippen LogP contribution < -0.4 is 5.32 Å². The third kappa shape index (κ3) is 1.71. The summed E-state index contributed by atoms with van der Waals surface area (Å²) in [7, 11) is 0. The second kappa shape index (κ2) is 3.31. The Balaban J connectivity index is 2.49. The standard InChI is InChI=1S/C8H5BrFNOS/c9-4-1-7-6(2-5(4)10)11-8(12)3-13-7/h1-2H,3H2,(H,11,12). The molecule has 1 aliphatic rings. The average Bonchev–Trinajstić information content (AvgIpc) is 2.08. The maximum atomic E-state index is 13.0. The fourth-order valence-corrected chi connectivity index (χ4v) is 2.40. The number of thioether (sulfide) groups is 1. The summed E-state index contributed by atoms with van der Waals surface area (Å²) in [5.41, 5.74) is 0.557. The van der Waals surface area contributed by atoms with E-state index >= 15 is 0 Å². The van der Waals surface area contributed by atoms with Crippen molar-refractivity contribution in [1.29, 1.82) is 0 Å². The quantitative estimate of drug-likeness (QED) is 0.778. The lowest BCUT2D eigenvalue weighted by atomic mass is 10.3. The fraction of sp³-hybridized carbons (Fsp3) is 0.125. The van der Waals surface area contributed by atoms with Gasteiger partial charge in [0.05, 0.1) is 15.9 Å².